The SMILES string of the molecule is CCN[C@H](C)CNC(=O)C(C)n1nnc(-c2ccccc2)n1. The molecule has 0 spiro atoms. The van der Waals surface area contributed by atoms with Gasteiger partial charge in [-0.05, 0) is 25.6 Å². The lowest BCUT2D eigenvalue weighted by Gasteiger charge is -2.15. The molecule has 2 aromatic rings. The highest BCUT2D eigenvalue weighted by Crippen LogP contribution is 2.13. The number of hydrogen-bond acceptors (Lipinski definition) is 5. The number of hydrogen-bond donors (Lipinski definition) is 2. The van der Waals surface area contributed by atoms with Crippen molar-refractivity contribution in [1.29, 1.82) is 0 Å². The Morgan fingerprint density at radius 2 is 2.00 bits per heavy atom. The first-order chi connectivity index (χ1) is 10.6. The predicted octanol–water partition coefficient (Wildman–Crippen LogP) is 1.02. The zero-order valence-electron chi connectivity index (χ0n) is 13.2. The fourth-order valence-corrected chi connectivity index (χ4v) is 2.02. The molecule has 1 aromatic heterocycles. The van der Waals surface area contributed by atoms with Crippen molar-refractivity contribution in [2.75, 3.05) is 13.1 Å². The van der Waals surface area contributed by atoms with Gasteiger partial charge in [-0.25, -0.2) is 0 Å². The van der Waals surface area contributed by atoms with Gasteiger partial charge in [0.2, 0.25) is 11.7 Å². The predicted molar refractivity (Wildman–Crippen MR) is 84.1 cm³/mol. The van der Waals surface area contributed by atoms with Crippen LogP contribution in [0.5, 0.6) is 0 Å². The second kappa shape index (κ2) is 7.65. The van der Waals surface area contributed by atoms with E-state index in [4.69, 9.17) is 0 Å². The molecule has 0 radical (unpaired) electrons. The highest BCUT2D eigenvalue weighted by molar-refractivity contribution is 5.79. The standard InChI is InChI=1S/C15H22N6O/c1-4-16-11(2)10-17-15(22)12(3)21-19-14(18-20-21)13-8-6-5-7-9-13/h5-9,11-12,16H,4,10H2,1-3H3,(H,17,22)/t11-,12?/m1/s1. The van der Waals surface area contributed by atoms with E-state index in [-0.39, 0.29) is 11.9 Å². The van der Waals surface area contributed by atoms with Gasteiger partial charge in [0.05, 0.1) is 0 Å². The molecule has 0 saturated carbocycles. The number of rotatable bonds is 7. The van der Waals surface area contributed by atoms with E-state index in [1.807, 2.05) is 44.2 Å². The van der Waals surface area contributed by atoms with Gasteiger partial charge in [0, 0.05) is 18.2 Å². The average Bonchev–Trinajstić information content (AvgIpc) is 3.03. The summed E-state index contributed by atoms with van der Waals surface area (Å²) in [6, 6.07) is 9.29. The molecule has 1 heterocycles. The number of carbonyl (C=O) groups excluding carboxylic acids is 1. The zero-order chi connectivity index (χ0) is 15.9. The third-order valence-corrected chi connectivity index (χ3v) is 3.32. The van der Waals surface area contributed by atoms with Crippen molar-refractivity contribution in [2.45, 2.75) is 32.9 Å². The molecule has 0 aliphatic carbocycles. The van der Waals surface area contributed by atoms with E-state index >= 15 is 0 Å². The quantitative estimate of drug-likeness (QED) is 0.797. The highest BCUT2D eigenvalue weighted by atomic mass is 16.2. The summed E-state index contributed by atoms with van der Waals surface area (Å²) >= 11 is 0. The highest BCUT2D eigenvalue weighted by Gasteiger charge is 2.18. The number of nitrogens with one attached hydrogen (secondary N) is 2. The first kappa shape index (κ1) is 16.1. The Bertz CT molecular complexity index is 597. The van der Waals surface area contributed by atoms with Crippen LogP contribution in [0.25, 0.3) is 11.4 Å². The van der Waals surface area contributed by atoms with E-state index in [2.05, 4.69) is 26.0 Å². The van der Waals surface area contributed by atoms with Gasteiger partial charge in [-0.2, -0.15) is 4.80 Å². The second-order valence-electron chi connectivity index (χ2n) is 5.18. The Morgan fingerprint density at radius 3 is 2.68 bits per heavy atom. The molecule has 2 N–H and O–H groups in total. The van der Waals surface area contributed by atoms with Gasteiger partial charge in [-0.3, -0.25) is 4.79 Å². The molecule has 0 aliphatic heterocycles. The van der Waals surface area contributed by atoms with Crippen LogP contribution in [0.4, 0.5) is 0 Å². The number of benzene rings is 1. The van der Waals surface area contributed by atoms with E-state index < -0.39 is 6.04 Å². The summed E-state index contributed by atoms with van der Waals surface area (Å²) in [4.78, 5) is 13.5. The minimum Gasteiger partial charge on any atom is -0.353 e. The minimum absolute atomic E-state index is 0.123. The molecule has 1 aromatic carbocycles. The van der Waals surface area contributed by atoms with E-state index in [1.54, 1.807) is 6.92 Å². The summed E-state index contributed by atoms with van der Waals surface area (Å²) in [6.07, 6.45) is 0. The Labute approximate surface area is 130 Å². The van der Waals surface area contributed by atoms with Crippen molar-refractivity contribution in [3.63, 3.8) is 0 Å². The summed E-state index contributed by atoms with van der Waals surface area (Å²) < 4.78 is 0. The largest absolute Gasteiger partial charge is 0.353 e. The van der Waals surface area contributed by atoms with Gasteiger partial charge in [-0.1, -0.05) is 37.3 Å². The molecule has 1 amide bonds. The normalized spacial score (nSPS) is 13.6. The van der Waals surface area contributed by atoms with Crippen molar-refractivity contribution >= 4 is 5.91 Å². The van der Waals surface area contributed by atoms with Crippen LogP contribution in [-0.2, 0) is 4.79 Å². The number of carbonyl (C=O) groups is 1. The van der Waals surface area contributed by atoms with E-state index in [1.165, 1.54) is 4.80 Å². The van der Waals surface area contributed by atoms with Crippen LogP contribution in [-0.4, -0.2) is 45.2 Å². The van der Waals surface area contributed by atoms with Gasteiger partial charge in [0.25, 0.3) is 0 Å². The van der Waals surface area contributed by atoms with Crippen LogP contribution in [0.3, 0.4) is 0 Å². The van der Waals surface area contributed by atoms with Gasteiger partial charge in [-0.15, -0.1) is 10.2 Å². The fourth-order valence-electron chi connectivity index (χ4n) is 2.02. The number of amides is 1. The summed E-state index contributed by atoms with van der Waals surface area (Å²) in [6.45, 7) is 7.25. The van der Waals surface area contributed by atoms with Crippen molar-refractivity contribution in [3.8, 4) is 11.4 Å². The summed E-state index contributed by atoms with van der Waals surface area (Å²) in [5.41, 5.74) is 0.877. The van der Waals surface area contributed by atoms with Crippen LogP contribution in [0.15, 0.2) is 30.3 Å². The average molecular weight is 302 g/mol. The number of likely N-dealkylation sites (N-methyl/N-ethyl adjacent to an activating group) is 1. The molecule has 7 heteroatoms. The van der Waals surface area contributed by atoms with Gasteiger partial charge in [0.15, 0.2) is 0 Å². The number of tetrazole rings is 1. The molecule has 7 nitrogen and oxygen atoms in total. The van der Waals surface area contributed by atoms with E-state index in [9.17, 15) is 4.79 Å². The molecule has 2 atom stereocenters. The van der Waals surface area contributed by atoms with Crippen molar-refractivity contribution in [3.05, 3.63) is 30.3 Å². The molecular formula is C15H22N6O. The van der Waals surface area contributed by atoms with Crippen molar-refractivity contribution in [1.82, 2.24) is 30.8 Å². The van der Waals surface area contributed by atoms with Crippen molar-refractivity contribution in [2.24, 2.45) is 0 Å². The maximum Gasteiger partial charge on any atom is 0.246 e. The lowest BCUT2D eigenvalue weighted by atomic mass is 10.2. The molecule has 0 bridgehead atoms. The summed E-state index contributed by atoms with van der Waals surface area (Å²) in [7, 11) is 0. The molecular weight excluding hydrogens is 280 g/mol. The van der Waals surface area contributed by atoms with E-state index in [0.717, 1.165) is 12.1 Å². The zero-order valence-corrected chi connectivity index (χ0v) is 13.2. The van der Waals surface area contributed by atoms with Crippen LogP contribution < -0.4 is 10.6 Å². The van der Waals surface area contributed by atoms with Crippen LogP contribution in [0.1, 0.15) is 26.8 Å². The van der Waals surface area contributed by atoms with Gasteiger partial charge >= 0.3 is 0 Å². The molecule has 1 unspecified atom stereocenters. The number of aromatic nitrogens is 4. The summed E-state index contributed by atoms with van der Waals surface area (Å²) in [5.74, 6) is 0.392. The molecule has 118 valence electrons. The topological polar surface area (TPSA) is 84.7 Å². The monoisotopic (exact) mass is 302 g/mol. The first-order valence-corrected chi connectivity index (χ1v) is 7.47. The lowest BCUT2D eigenvalue weighted by molar-refractivity contribution is -0.124. The van der Waals surface area contributed by atoms with Crippen LogP contribution in [0, 0.1) is 0 Å². The van der Waals surface area contributed by atoms with Gasteiger partial charge < -0.3 is 10.6 Å². The van der Waals surface area contributed by atoms with Gasteiger partial charge in [0.1, 0.15) is 6.04 Å². The van der Waals surface area contributed by atoms with E-state index in [0.29, 0.717) is 12.4 Å². The third-order valence-electron chi connectivity index (χ3n) is 3.32. The molecule has 0 fully saturated rings. The lowest BCUT2D eigenvalue weighted by Crippen LogP contribution is -2.41. The maximum atomic E-state index is 12.1. The molecule has 0 saturated heterocycles. The van der Waals surface area contributed by atoms with Crippen molar-refractivity contribution < 1.29 is 4.79 Å². The maximum absolute atomic E-state index is 12.1. The Morgan fingerprint density at radius 1 is 1.27 bits per heavy atom. The Hall–Kier alpha value is -2.28. The fraction of sp³-hybridized carbons (Fsp3) is 0.467. The molecule has 2 rings (SSSR count). The summed E-state index contributed by atoms with van der Waals surface area (Å²) in [5, 5.41) is 18.4. The first-order valence-electron chi connectivity index (χ1n) is 7.47. The second-order valence-corrected chi connectivity index (χ2v) is 5.18. The van der Waals surface area contributed by atoms with Crippen LogP contribution in [0.2, 0.25) is 0 Å². The minimum atomic E-state index is -0.501. The smallest absolute Gasteiger partial charge is 0.246 e. The third kappa shape index (κ3) is 4.11. The Kier molecular flexibility index (Phi) is 5.60. The molecule has 0 aliphatic rings. The van der Waals surface area contributed by atoms with Crippen LogP contribution >= 0.6 is 0 Å². The Balaban J connectivity index is 1.97. The molecule has 22 heavy (non-hydrogen) atoms. The number of nitrogens with zero attached hydrogens (tertiary/aromatic N) is 4.